The van der Waals surface area contributed by atoms with Crippen molar-refractivity contribution in [2.45, 2.75) is 6.92 Å². The van der Waals surface area contributed by atoms with E-state index in [0.29, 0.717) is 0 Å². The van der Waals surface area contributed by atoms with E-state index in [1.807, 2.05) is 6.07 Å². The summed E-state index contributed by atoms with van der Waals surface area (Å²) in [6.07, 6.45) is 0. The summed E-state index contributed by atoms with van der Waals surface area (Å²) >= 11 is 1.76. The number of aryl methyl sites for hydroxylation is 1. The van der Waals surface area contributed by atoms with Gasteiger partial charge in [-0.3, -0.25) is 0 Å². The predicted molar refractivity (Wildman–Crippen MR) is 95.2 cm³/mol. The second-order valence-electron chi connectivity index (χ2n) is 5.35. The van der Waals surface area contributed by atoms with Crippen LogP contribution in [-0.2, 0) is 0 Å². The number of para-hydroxylation sites is 1. The Morgan fingerprint density at radius 1 is 0.727 bits per heavy atom. The van der Waals surface area contributed by atoms with Crippen LogP contribution >= 0.6 is 11.3 Å². The average molecular weight is 301 g/mol. The molecule has 4 rings (SSSR count). The Bertz CT molecular complexity index is 938. The molecule has 0 aliphatic carbocycles. The van der Waals surface area contributed by atoms with Crippen LogP contribution < -0.4 is 0 Å². The van der Waals surface area contributed by atoms with Crippen LogP contribution in [0.1, 0.15) is 5.56 Å². The van der Waals surface area contributed by atoms with Gasteiger partial charge in [-0.1, -0.05) is 66.7 Å². The molecule has 0 saturated carbocycles. The summed E-state index contributed by atoms with van der Waals surface area (Å²) in [4.78, 5) is 4.94. The van der Waals surface area contributed by atoms with Gasteiger partial charge in [-0.15, -0.1) is 11.3 Å². The van der Waals surface area contributed by atoms with E-state index >= 15 is 0 Å². The van der Waals surface area contributed by atoms with E-state index in [1.165, 1.54) is 27.0 Å². The molecular weight excluding hydrogens is 286 g/mol. The number of aromatic nitrogens is 1. The van der Waals surface area contributed by atoms with Gasteiger partial charge in [-0.2, -0.15) is 0 Å². The number of benzene rings is 3. The molecule has 0 unspecified atom stereocenters. The third kappa shape index (κ3) is 2.22. The Hall–Kier alpha value is -2.45. The van der Waals surface area contributed by atoms with E-state index in [0.717, 1.165) is 10.5 Å². The summed E-state index contributed by atoms with van der Waals surface area (Å²) in [5.41, 5.74) is 6.01. The van der Waals surface area contributed by atoms with Crippen LogP contribution in [0.15, 0.2) is 72.8 Å². The summed E-state index contributed by atoms with van der Waals surface area (Å²) in [5, 5.41) is 1.09. The van der Waals surface area contributed by atoms with Crippen LogP contribution in [0.5, 0.6) is 0 Å². The molecule has 0 saturated heterocycles. The van der Waals surface area contributed by atoms with Crippen molar-refractivity contribution in [1.29, 1.82) is 0 Å². The van der Waals surface area contributed by atoms with Gasteiger partial charge in [-0.25, -0.2) is 4.98 Å². The number of hydrogen-bond acceptors (Lipinski definition) is 2. The topological polar surface area (TPSA) is 12.9 Å². The quantitative estimate of drug-likeness (QED) is 0.446. The van der Waals surface area contributed by atoms with E-state index < -0.39 is 0 Å². The fourth-order valence-corrected chi connectivity index (χ4v) is 3.81. The van der Waals surface area contributed by atoms with Crippen molar-refractivity contribution in [2.24, 2.45) is 0 Å². The second kappa shape index (κ2) is 5.39. The average Bonchev–Trinajstić information content (AvgIpc) is 3.00. The molecule has 1 aromatic heterocycles. The normalized spacial score (nSPS) is 11.0. The molecule has 106 valence electrons. The van der Waals surface area contributed by atoms with E-state index in [1.54, 1.807) is 11.3 Å². The lowest BCUT2D eigenvalue weighted by atomic mass is 10.0. The van der Waals surface area contributed by atoms with Gasteiger partial charge >= 0.3 is 0 Å². The van der Waals surface area contributed by atoms with Crippen LogP contribution in [0.25, 0.3) is 31.9 Å². The lowest BCUT2D eigenvalue weighted by Crippen LogP contribution is -1.82. The molecule has 4 aromatic rings. The molecule has 0 fully saturated rings. The molecule has 2 heteroatoms. The number of nitrogens with zero attached hydrogens (tertiary/aromatic N) is 1. The molecule has 1 heterocycles. The number of rotatable bonds is 2. The lowest BCUT2D eigenvalue weighted by Gasteiger charge is -2.02. The molecule has 0 amide bonds. The van der Waals surface area contributed by atoms with Gasteiger partial charge in [0.2, 0.25) is 0 Å². The molecule has 0 spiro atoms. The number of hydrogen-bond donors (Lipinski definition) is 0. The molecule has 22 heavy (non-hydrogen) atoms. The van der Waals surface area contributed by atoms with Gasteiger partial charge in [0, 0.05) is 11.1 Å². The summed E-state index contributed by atoms with van der Waals surface area (Å²) in [5.74, 6) is 0. The fourth-order valence-electron chi connectivity index (χ4n) is 2.73. The monoisotopic (exact) mass is 301 g/mol. The first-order valence-corrected chi connectivity index (χ1v) is 8.15. The largest absolute Gasteiger partial charge is 0.235 e. The van der Waals surface area contributed by atoms with Crippen molar-refractivity contribution < 1.29 is 0 Å². The van der Waals surface area contributed by atoms with Gasteiger partial charge < -0.3 is 0 Å². The van der Waals surface area contributed by atoms with E-state index in [2.05, 4.69) is 73.7 Å². The molecule has 0 radical (unpaired) electrons. The maximum atomic E-state index is 4.94. The highest BCUT2D eigenvalue weighted by Gasteiger charge is 2.11. The fraction of sp³-hybridized carbons (Fsp3) is 0.0500. The minimum Gasteiger partial charge on any atom is -0.235 e. The standard InChI is InChI=1S/C20H15NS/c1-14-8-5-6-11-16(14)20-21-19-17(12-7-13-18(19)22-20)15-9-3-2-4-10-15/h2-13H,1H3. The van der Waals surface area contributed by atoms with Crippen molar-refractivity contribution in [1.82, 2.24) is 4.98 Å². The van der Waals surface area contributed by atoms with Gasteiger partial charge in [0.1, 0.15) is 5.01 Å². The van der Waals surface area contributed by atoms with Crippen LogP contribution in [0.4, 0.5) is 0 Å². The minimum atomic E-state index is 1.09. The third-order valence-electron chi connectivity index (χ3n) is 3.88. The highest BCUT2D eigenvalue weighted by atomic mass is 32.1. The maximum absolute atomic E-state index is 4.94. The Morgan fingerprint density at radius 2 is 1.45 bits per heavy atom. The second-order valence-corrected chi connectivity index (χ2v) is 6.38. The Kier molecular flexibility index (Phi) is 3.24. The molecule has 3 aromatic carbocycles. The first-order valence-electron chi connectivity index (χ1n) is 7.34. The van der Waals surface area contributed by atoms with Crippen LogP contribution in [0.2, 0.25) is 0 Å². The van der Waals surface area contributed by atoms with E-state index in [-0.39, 0.29) is 0 Å². The summed E-state index contributed by atoms with van der Waals surface area (Å²) in [6, 6.07) is 25.3. The molecule has 0 aliphatic rings. The summed E-state index contributed by atoms with van der Waals surface area (Å²) in [6.45, 7) is 2.14. The van der Waals surface area contributed by atoms with Gasteiger partial charge in [0.15, 0.2) is 0 Å². The van der Waals surface area contributed by atoms with Gasteiger partial charge in [0.25, 0.3) is 0 Å². The zero-order valence-corrected chi connectivity index (χ0v) is 13.1. The lowest BCUT2D eigenvalue weighted by molar-refractivity contribution is 1.41. The maximum Gasteiger partial charge on any atom is 0.124 e. The van der Waals surface area contributed by atoms with Crippen LogP contribution in [0, 0.1) is 6.92 Å². The van der Waals surface area contributed by atoms with Crippen LogP contribution in [-0.4, -0.2) is 4.98 Å². The van der Waals surface area contributed by atoms with Crippen molar-refractivity contribution >= 4 is 21.6 Å². The zero-order chi connectivity index (χ0) is 14.9. The first-order chi connectivity index (χ1) is 10.8. The van der Waals surface area contributed by atoms with Gasteiger partial charge in [0.05, 0.1) is 10.2 Å². The molecular formula is C20H15NS. The first kappa shape index (κ1) is 13.2. The predicted octanol–water partition coefficient (Wildman–Crippen LogP) is 5.94. The van der Waals surface area contributed by atoms with Crippen molar-refractivity contribution in [3.8, 4) is 21.7 Å². The van der Waals surface area contributed by atoms with Crippen molar-refractivity contribution in [3.63, 3.8) is 0 Å². The molecule has 0 N–H and O–H groups in total. The zero-order valence-electron chi connectivity index (χ0n) is 12.3. The van der Waals surface area contributed by atoms with E-state index in [9.17, 15) is 0 Å². The number of thiazole rings is 1. The Balaban J connectivity index is 1.94. The molecule has 1 nitrogen and oxygen atoms in total. The molecule has 0 aliphatic heterocycles. The van der Waals surface area contributed by atoms with Crippen molar-refractivity contribution in [2.75, 3.05) is 0 Å². The Morgan fingerprint density at radius 3 is 2.27 bits per heavy atom. The molecule has 0 bridgehead atoms. The van der Waals surface area contributed by atoms with Gasteiger partial charge in [-0.05, 0) is 24.1 Å². The smallest absolute Gasteiger partial charge is 0.124 e. The van der Waals surface area contributed by atoms with Crippen molar-refractivity contribution in [3.05, 3.63) is 78.4 Å². The SMILES string of the molecule is Cc1ccccc1-c1nc2c(-c3ccccc3)cccc2s1. The van der Waals surface area contributed by atoms with Crippen LogP contribution in [0.3, 0.4) is 0 Å². The number of fused-ring (bicyclic) bond motifs is 1. The minimum absolute atomic E-state index is 1.09. The Labute approximate surface area is 133 Å². The summed E-state index contributed by atoms with van der Waals surface area (Å²) < 4.78 is 1.24. The highest BCUT2D eigenvalue weighted by molar-refractivity contribution is 7.21. The molecule has 0 atom stereocenters. The summed E-state index contributed by atoms with van der Waals surface area (Å²) in [7, 11) is 0. The highest BCUT2D eigenvalue weighted by Crippen LogP contribution is 2.36. The third-order valence-corrected chi connectivity index (χ3v) is 4.93. The van der Waals surface area contributed by atoms with E-state index in [4.69, 9.17) is 4.98 Å².